The summed E-state index contributed by atoms with van der Waals surface area (Å²) in [4.78, 5) is 2.55. The zero-order valence-electron chi connectivity index (χ0n) is 10.2. The molecule has 90 valence electrons. The highest BCUT2D eigenvalue weighted by Gasteiger charge is 2.35. The van der Waals surface area contributed by atoms with Crippen molar-refractivity contribution in [2.75, 3.05) is 38.3 Å². The van der Waals surface area contributed by atoms with Gasteiger partial charge in [-0.3, -0.25) is 9.46 Å². The molecule has 0 saturated carbocycles. The normalized spacial score (nSPS) is 22.9. The third-order valence-corrected chi connectivity index (χ3v) is 6.80. The molecule has 3 nitrogen and oxygen atoms in total. The minimum absolute atomic E-state index is 0.150. The van der Waals surface area contributed by atoms with Gasteiger partial charge in [0.15, 0.2) is 0 Å². The lowest BCUT2D eigenvalue weighted by Crippen LogP contribution is -2.47. The minimum atomic E-state index is -2.28. The monoisotopic (exact) mass is 251 g/mol. The van der Waals surface area contributed by atoms with Gasteiger partial charge in [0.1, 0.15) is 0 Å². The molecule has 0 atom stereocenters. The number of hydrogen-bond donors (Lipinski definition) is 0. The van der Waals surface area contributed by atoms with E-state index < -0.39 is 7.37 Å². The smallest absolute Gasteiger partial charge is 0.205 e. The Kier molecular flexibility index (Phi) is 4.72. The summed E-state index contributed by atoms with van der Waals surface area (Å²) in [6.07, 6.45) is 3.55. The molecular formula is C10H22NO2PS. The molecule has 1 heterocycles. The topological polar surface area (TPSA) is 29.5 Å². The Morgan fingerprint density at radius 3 is 2.33 bits per heavy atom. The van der Waals surface area contributed by atoms with Gasteiger partial charge in [-0.05, 0) is 27.0 Å². The highest BCUT2D eigenvalue weighted by molar-refractivity contribution is 7.99. The van der Waals surface area contributed by atoms with Crippen molar-refractivity contribution in [3.8, 4) is 0 Å². The molecule has 0 spiro atoms. The molecule has 0 aromatic rings. The van der Waals surface area contributed by atoms with Crippen LogP contribution in [0.25, 0.3) is 0 Å². The summed E-state index contributed by atoms with van der Waals surface area (Å²) < 4.78 is 17.5. The molecule has 0 aromatic heterocycles. The van der Waals surface area contributed by atoms with Crippen molar-refractivity contribution in [1.29, 1.82) is 0 Å². The van der Waals surface area contributed by atoms with Gasteiger partial charge in [0.25, 0.3) is 0 Å². The molecule has 0 aromatic carbocycles. The standard InChI is InChI=1S/C10H22NO2PS/c1-5-13-14(12)8-6-11(7-9-14)10(2,3)15-4/h5-9H2,1-4H3. The first-order valence-corrected chi connectivity index (χ1v) is 8.68. The van der Waals surface area contributed by atoms with E-state index in [0.29, 0.717) is 18.9 Å². The minimum Gasteiger partial charge on any atom is -0.329 e. The van der Waals surface area contributed by atoms with Gasteiger partial charge < -0.3 is 4.52 Å². The van der Waals surface area contributed by atoms with Crippen LogP contribution < -0.4 is 0 Å². The van der Waals surface area contributed by atoms with Gasteiger partial charge in [0, 0.05) is 25.4 Å². The predicted octanol–water partition coefficient (Wildman–Crippen LogP) is 2.72. The van der Waals surface area contributed by atoms with Crippen LogP contribution in [0.2, 0.25) is 0 Å². The van der Waals surface area contributed by atoms with Gasteiger partial charge in [0.05, 0.1) is 11.5 Å². The SMILES string of the molecule is CCOP1(=O)CCN(C(C)(C)SC)CC1. The van der Waals surface area contributed by atoms with Gasteiger partial charge in [-0.25, -0.2) is 0 Å². The lowest BCUT2D eigenvalue weighted by Gasteiger charge is -2.41. The summed E-state index contributed by atoms with van der Waals surface area (Å²) in [6.45, 7) is 8.71. The van der Waals surface area contributed by atoms with E-state index in [1.54, 1.807) is 0 Å². The summed E-state index contributed by atoms with van der Waals surface area (Å²) in [5, 5.41) is 0. The van der Waals surface area contributed by atoms with Gasteiger partial charge in [-0.2, -0.15) is 0 Å². The van der Waals surface area contributed by atoms with Crippen LogP contribution in [0, 0.1) is 0 Å². The van der Waals surface area contributed by atoms with Crippen LogP contribution in [-0.2, 0) is 9.09 Å². The molecule has 1 saturated heterocycles. The van der Waals surface area contributed by atoms with E-state index in [2.05, 4.69) is 25.0 Å². The van der Waals surface area contributed by atoms with Gasteiger partial charge >= 0.3 is 0 Å². The fourth-order valence-corrected chi connectivity index (χ4v) is 4.29. The van der Waals surface area contributed by atoms with Crippen LogP contribution in [0.4, 0.5) is 0 Å². The summed E-state index contributed by atoms with van der Waals surface area (Å²) in [5.41, 5.74) is 0. The highest BCUT2D eigenvalue weighted by atomic mass is 32.2. The van der Waals surface area contributed by atoms with E-state index in [0.717, 1.165) is 13.1 Å². The number of thioether (sulfide) groups is 1. The summed E-state index contributed by atoms with van der Waals surface area (Å²) in [6, 6.07) is 0. The fourth-order valence-electron chi connectivity index (χ4n) is 1.80. The first-order valence-electron chi connectivity index (χ1n) is 5.46. The van der Waals surface area contributed by atoms with Gasteiger partial charge in [0.2, 0.25) is 7.37 Å². The molecule has 0 amide bonds. The van der Waals surface area contributed by atoms with E-state index >= 15 is 0 Å². The maximum atomic E-state index is 12.1. The maximum Gasteiger partial charge on any atom is 0.205 e. The lowest BCUT2D eigenvalue weighted by molar-refractivity contribution is 0.201. The quantitative estimate of drug-likeness (QED) is 0.719. The van der Waals surface area contributed by atoms with Crippen molar-refractivity contribution < 1.29 is 9.09 Å². The van der Waals surface area contributed by atoms with Gasteiger partial charge in [-0.15, -0.1) is 11.8 Å². The van der Waals surface area contributed by atoms with Crippen LogP contribution in [0.3, 0.4) is 0 Å². The average molecular weight is 251 g/mol. The zero-order valence-corrected chi connectivity index (χ0v) is 11.9. The molecule has 0 unspecified atom stereocenters. The molecule has 0 N–H and O–H groups in total. The van der Waals surface area contributed by atoms with Crippen molar-refractivity contribution in [2.45, 2.75) is 25.6 Å². The Bertz CT molecular complexity index is 246. The molecule has 0 radical (unpaired) electrons. The second-order valence-electron chi connectivity index (χ2n) is 4.32. The van der Waals surface area contributed by atoms with E-state index in [1.807, 2.05) is 18.7 Å². The Morgan fingerprint density at radius 2 is 1.93 bits per heavy atom. The molecule has 5 heteroatoms. The van der Waals surface area contributed by atoms with Crippen LogP contribution in [-0.4, -0.2) is 48.0 Å². The van der Waals surface area contributed by atoms with Crippen LogP contribution in [0.5, 0.6) is 0 Å². The van der Waals surface area contributed by atoms with Crippen LogP contribution >= 0.6 is 19.1 Å². The van der Waals surface area contributed by atoms with Crippen molar-refractivity contribution in [2.24, 2.45) is 0 Å². The summed E-state index contributed by atoms with van der Waals surface area (Å²) >= 11 is 1.84. The highest BCUT2D eigenvalue weighted by Crippen LogP contribution is 2.49. The first kappa shape index (κ1) is 13.6. The first-order chi connectivity index (χ1) is 6.93. The Hall–Kier alpha value is 0.500. The molecule has 1 rings (SSSR count). The van der Waals surface area contributed by atoms with Crippen LogP contribution in [0.1, 0.15) is 20.8 Å². The van der Waals surface area contributed by atoms with E-state index in [9.17, 15) is 4.57 Å². The van der Waals surface area contributed by atoms with E-state index in [1.165, 1.54) is 0 Å². The predicted molar refractivity (Wildman–Crippen MR) is 68.1 cm³/mol. The fraction of sp³-hybridized carbons (Fsp3) is 1.00. The van der Waals surface area contributed by atoms with E-state index in [4.69, 9.17) is 4.52 Å². The molecule has 15 heavy (non-hydrogen) atoms. The Labute approximate surface area is 97.4 Å². The lowest BCUT2D eigenvalue weighted by atomic mass is 10.3. The molecule has 1 fully saturated rings. The molecule has 0 bridgehead atoms. The third-order valence-electron chi connectivity index (χ3n) is 3.05. The summed E-state index contributed by atoms with van der Waals surface area (Å²) in [7, 11) is -2.28. The Balaban J connectivity index is 2.52. The van der Waals surface area contributed by atoms with Crippen molar-refractivity contribution >= 4 is 19.1 Å². The number of nitrogens with zero attached hydrogens (tertiary/aromatic N) is 1. The van der Waals surface area contributed by atoms with Crippen LogP contribution in [0.15, 0.2) is 0 Å². The zero-order chi connectivity index (χ0) is 11.5. The van der Waals surface area contributed by atoms with Crippen molar-refractivity contribution in [3.63, 3.8) is 0 Å². The summed E-state index contributed by atoms with van der Waals surface area (Å²) in [5.74, 6) is 0. The molecule has 1 aliphatic heterocycles. The second-order valence-corrected chi connectivity index (χ2v) is 8.51. The largest absolute Gasteiger partial charge is 0.329 e. The third kappa shape index (κ3) is 3.48. The average Bonchev–Trinajstić information content (AvgIpc) is 2.18. The molecule has 0 aliphatic carbocycles. The molecule has 1 aliphatic rings. The number of rotatable bonds is 4. The van der Waals surface area contributed by atoms with Gasteiger partial charge in [-0.1, -0.05) is 0 Å². The van der Waals surface area contributed by atoms with Crippen molar-refractivity contribution in [3.05, 3.63) is 0 Å². The van der Waals surface area contributed by atoms with E-state index in [-0.39, 0.29) is 4.87 Å². The second kappa shape index (κ2) is 5.22. The van der Waals surface area contributed by atoms with Crippen molar-refractivity contribution in [1.82, 2.24) is 4.90 Å². The number of hydrogen-bond acceptors (Lipinski definition) is 4. The Morgan fingerprint density at radius 1 is 1.40 bits per heavy atom. The maximum absolute atomic E-state index is 12.1. The molecular weight excluding hydrogens is 229 g/mol.